The first-order chi connectivity index (χ1) is 13.5. The Bertz CT molecular complexity index is 1070. The van der Waals surface area contributed by atoms with E-state index in [-0.39, 0.29) is 11.5 Å². The second-order valence-electron chi connectivity index (χ2n) is 6.88. The molecule has 28 heavy (non-hydrogen) atoms. The van der Waals surface area contributed by atoms with Crippen molar-refractivity contribution < 1.29 is 23.4 Å². The lowest BCUT2D eigenvalue weighted by Crippen LogP contribution is -2.07. The van der Waals surface area contributed by atoms with Crippen molar-refractivity contribution in [3.05, 3.63) is 51.7 Å². The summed E-state index contributed by atoms with van der Waals surface area (Å²) in [7, 11) is 3.07. The van der Waals surface area contributed by atoms with Gasteiger partial charge in [-0.25, -0.2) is 0 Å². The monoisotopic (exact) mass is 382 g/mol. The highest BCUT2D eigenvalue weighted by molar-refractivity contribution is 5.86. The average molecular weight is 382 g/mol. The lowest BCUT2D eigenvalue weighted by Gasteiger charge is -2.14. The summed E-state index contributed by atoms with van der Waals surface area (Å²) >= 11 is 0. The van der Waals surface area contributed by atoms with Crippen molar-refractivity contribution in [1.29, 1.82) is 0 Å². The summed E-state index contributed by atoms with van der Waals surface area (Å²) in [6.45, 7) is 5.26. The highest BCUT2D eigenvalue weighted by Crippen LogP contribution is 2.34. The highest BCUT2D eigenvalue weighted by atomic mass is 16.6. The molecule has 6 heteroatoms. The minimum Gasteiger partial charge on any atom is -0.496 e. The number of fused-ring (bicyclic) bond motifs is 1. The zero-order valence-corrected chi connectivity index (χ0v) is 16.3. The maximum absolute atomic E-state index is 12.8. The molecule has 1 aromatic heterocycles. The first kappa shape index (κ1) is 18.4. The Kier molecular flexibility index (Phi) is 4.73. The fourth-order valence-electron chi connectivity index (χ4n) is 3.31. The van der Waals surface area contributed by atoms with Gasteiger partial charge in [-0.3, -0.25) is 4.79 Å². The molecule has 0 unspecified atom stereocenters. The van der Waals surface area contributed by atoms with Crippen molar-refractivity contribution in [2.24, 2.45) is 0 Å². The van der Waals surface area contributed by atoms with Gasteiger partial charge in [0.15, 0.2) is 5.43 Å². The number of aryl methyl sites for hydroxylation is 2. The molecule has 6 nitrogen and oxygen atoms in total. The predicted molar refractivity (Wildman–Crippen MR) is 106 cm³/mol. The second-order valence-corrected chi connectivity index (χ2v) is 6.88. The van der Waals surface area contributed by atoms with Crippen LogP contribution in [-0.4, -0.2) is 33.5 Å². The Morgan fingerprint density at radius 2 is 1.75 bits per heavy atom. The van der Waals surface area contributed by atoms with Gasteiger partial charge in [-0.05, 0) is 37.1 Å². The molecule has 0 saturated carbocycles. The van der Waals surface area contributed by atoms with E-state index in [9.17, 15) is 4.79 Å². The van der Waals surface area contributed by atoms with Gasteiger partial charge >= 0.3 is 0 Å². The van der Waals surface area contributed by atoms with Crippen LogP contribution in [0.4, 0.5) is 0 Å². The Hall–Kier alpha value is -2.99. The molecule has 1 aliphatic rings. The normalized spacial score (nSPS) is 15.5. The summed E-state index contributed by atoms with van der Waals surface area (Å²) in [5.74, 6) is 2.30. The highest BCUT2D eigenvalue weighted by Gasteiger charge is 2.24. The fraction of sp³-hybridized carbons (Fsp3) is 0.318. The molecule has 1 aliphatic heterocycles. The summed E-state index contributed by atoms with van der Waals surface area (Å²) in [5, 5.41) is 0.393. The third kappa shape index (κ3) is 3.43. The zero-order valence-electron chi connectivity index (χ0n) is 16.3. The second kappa shape index (κ2) is 7.20. The summed E-state index contributed by atoms with van der Waals surface area (Å²) < 4.78 is 27.8. The van der Waals surface area contributed by atoms with Crippen LogP contribution in [-0.2, 0) is 4.74 Å². The fourth-order valence-corrected chi connectivity index (χ4v) is 3.31. The van der Waals surface area contributed by atoms with Gasteiger partial charge in [0.25, 0.3) is 0 Å². The van der Waals surface area contributed by atoms with Crippen LogP contribution in [0, 0.1) is 13.8 Å². The van der Waals surface area contributed by atoms with E-state index >= 15 is 0 Å². The van der Waals surface area contributed by atoms with Gasteiger partial charge in [0.05, 0.1) is 20.8 Å². The molecule has 0 spiro atoms. The smallest absolute Gasteiger partial charge is 0.197 e. The number of methoxy groups -OCH3 is 2. The van der Waals surface area contributed by atoms with E-state index in [0.29, 0.717) is 34.8 Å². The molecule has 1 saturated heterocycles. The summed E-state index contributed by atoms with van der Waals surface area (Å²) in [6, 6.07) is 8.76. The minimum atomic E-state index is -0.169. The zero-order chi connectivity index (χ0) is 19.8. The van der Waals surface area contributed by atoms with Gasteiger partial charge in [-0.15, -0.1) is 0 Å². The SMILES string of the molecule is COc1cc(OC)c2c(=O)cc(-c3cc(C)c(OC[C@H]4CO4)c(C)c3)oc2c1. The Balaban J connectivity index is 1.79. The van der Waals surface area contributed by atoms with Gasteiger partial charge < -0.3 is 23.4 Å². The Morgan fingerprint density at radius 3 is 2.36 bits per heavy atom. The summed E-state index contributed by atoms with van der Waals surface area (Å²) in [6.07, 6.45) is 0.196. The summed E-state index contributed by atoms with van der Waals surface area (Å²) in [4.78, 5) is 12.8. The molecule has 2 heterocycles. The molecule has 0 radical (unpaired) electrons. The van der Waals surface area contributed by atoms with Crippen LogP contribution in [0.1, 0.15) is 11.1 Å². The molecule has 1 atom stereocenters. The van der Waals surface area contributed by atoms with Crippen LogP contribution >= 0.6 is 0 Å². The van der Waals surface area contributed by atoms with Crippen LogP contribution in [0.25, 0.3) is 22.3 Å². The van der Waals surface area contributed by atoms with Crippen molar-refractivity contribution in [3.8, 4) is 28.6 Å². The topological polar surface area (TPSA) is 70.4 Å². The van der Waals surface area contributed by atoms with Crippen LogP contribution in [0.2, 0.25) is 0 Å². The molecule has 4 rings (SSSR count). The molecule has 0 N–H and O–H groups in total. The van der Waals surface area contributed by atoms with Gasteiger partial charge in [0, 0.05) is 23.8 Å². The van der Waals surface area contributed by atoms with Gasteiger partial charge in [0.1, 0.15) is 46.7 Å². The van der Waals surface area contributed by atoms with Crippen LogP contribution in [0.5, 0.6) is 17.2 Å². The molecule has 2 aromatic carbocycles. The quantitative estimate of drug-likeness (QED) is 0.603. The van der Waals surface area contributed by atoms with Crippen LogP contribution in [0.3, 0.4) is 0 Å². The van der Waals surface area contributed by atoms with Gasteiger partial charge in [0.2, 0.25) is 0 Å². The molecule has 0 amide bonds. The van der Waals surface area contributed by atoms with Crippen LogP contribution in [0.15, 0.2) is 39.5 Å². The number of benzene rings is 2. The van der Waals surface area contributed by atoms with E-state index in [2.05, 4.69) is 0 Å². The van der Waals surface area contributed by atoms with Crippen molar-refractivity contribution >= 4 is 11.0 Å². The number of rotatable bonds is 6. The van der Waals surface area contributed by atoms with E-state index < -0.39 is 0 Å². The Labute approximate surface area is 162 Å². The van der Waals surface area contributed by atoms with Crippen molar-refractivity contribution in [2.45, 2.75) is 20.0 Å². The first-order valence-corrected chi connectivity index (χ1v) is 9.06. The van der Waals surface area contributed by atoms with E-state index in [4.69, 9.17) is 23.4 Å². The van der Waals surface area contributed by atoms with E-state index in [1.54, 1.807) is 19.2 Å². The third-order valence-electron chi connectivity index (χ3n) is 4.78. The molecule has 0 aliphatic carbocycles. The summed E-state index contributed by atoms with van der Waals surface area (Å²) in [5.41, 5.74) is 3.01. The molecular formula is C22H22O6. The molecule has 146 valence electrons. The Morgan fingerprint density at radius 1 is 1.04 bits per heavy atom. The molecule has 1 fully saturated rings. The number of epoxide rings is 1. The predicted octanol–water partition coefficient (Wildman–Crippen LogP) is 3.87. The minimum absolute atomic E-state index is 0.169. The molecular weight excluding hydrogens is 360 g/mol. The van der Waals surface area contributed by atoms with Gasteiger partial charge in [-0.2, -0.15) is 0 Å². The van der Waals surface area contributed by atoms with E-state index in [0.717, 1.165) is 29.0 Å². The van der Waals surface area contributed by atoms with E-state index in [1.165, 1.54) is 13.2 Å². The lowest BCUT2D eigenvalue weighted by molar-refractivity contribution is 0.260. The number of hydrogen-bond donors (Lipinski definition) is 0. The number of ether oxygens (including phenoxy) is 4. The first-order valence-electron chi connectivity index (χ1n) is 9.06. The molecule has 3 aromatic rings. The maximum Gasteiger partial charge on any atom is 0.197 e. The average Bonchev–Trinajstić information content (AvgIpc) is 3.50. The lowest BCUT2D eigenvalue weighted by atomic mass is 10.0. The number of hydrogen-bond acceptors (Lipinski definition) is 6. The third-order valence-corrected chi connectivity index (χ3v) is 4.78. The van der Waals surface area contributed by atoms with Crippen molar-refractivity contribution in [1.82, 2.24) is 0 Å². The largest absolute Gasteiger partial charge is 0.496 e. The van der Waals surface area contributed by atoms with E-state index in [1.807, 2.05) is 26.0 Å². The van der Waals surface area contributed by atoms with Crippen LogP contribution < -0.4 is 19.6 Å². The van der Waals surface area contributed by atoms with Crippen molar-refractivity contribution in [3.63, 3.8) is 0 Å². The molecule has 0 bridgehead atoms. The standard InChI is InChI=1S/C22H22O6/c1-12-5-14(6-13(2)22(12)27-11-16-10-26-16)18-9-17(23)21-19(25-4)7-15(24-3)8-20(21)28-18/h5-9,16H,10-11H2,1-4H3/t16-/m1/s1. The maximum atomic E-state index is 12.8. The van der Waals surface area contributed by atoms with Gasteiger partial charge in [-0.1, -0.05) is 0 Å². The van der Waals surface area contributed by atoms with Crippen molar-refractivity contribution in [2.75, 3.05) is 27.4 Å².